The fourth-order valence-electron chi connectivity index (χ4n) is 2.55. The van der Waals surface area contributed by atoms with Crippen LogP contribution >= 0.6 is 0 Å². The van der Waals surface area contributed by atoms with Gasteiger partial charge >= 0.3 is 0 Å². The summed E-state index contributed by atoms with van der Waals surface area (Å²) in [6.45, 7) is 2.80. The third kappa shape index (κ3) is 4.51. The number of carboxylic acid groups (broad SMARTS) is 1. The summed E-state index contributed by atoms with van der Waals surface area (Å²) in [5, 5.41) is 11.1. The molecule has 2 aromatic carbocycles. The van der Waals surface area contributed by atoms with Gasteiger partial charge in [-0.2, -0.15) is 0 Å². The number of unbranched alkanes of at least 4 members (excludes halogenated alkanes) is 1. The zero-order valence-electron chi connectivity index (χ0n) is 14.6. The molecule has 5 heteroatoms. The van der Waals surface area contributed by atoms with Crippen LogP contribution in [0.1, 0.15) is 37.6 Å². The Morgan fingerprint density at radius 2 is 1.96 bits per heavy atom. The van der Waals surface area contributed by atoms with E-state index in [0.717, 1.165) is 24.2 Å². The van der Waals surface area contributed by atoms with Crippen molar-refractivity contribution >= 4 is 28.7 Å². The van der Waals surface area contributed by atoms with Crippen molar-refractivity contribution in [3.63, 3.8) is 0 Å². The fraction of sp³-hybridized carbons (Fsp3) is 0.238. The number of ether oxygens (including phenoxy) is 1. The second-order valence-electron chi connectivity index (χ2n) is 5.98. The number of carboxylic acids is 1. The Labute approximate surface area is 151 Å². The van der Waals surface area contributed by atoms with E-state index in [1.54, 1.807) is 12.1 Å². The zero-order valence-corrected chi connectivity index (χ0v) is 14.6. The van der Waals surface area contributed by atoms with Gasteiger partial charge in [-0.15, -0.1) is 0 Å². The number of carbonyl (C=O) groups is 1. The number of nitrogens with zero attached hydrogens (tertiary/aromatic N) is 1. The first-order valence-electron chi connectivity index (χ1n) is 8.65. The van der Waals surface area contributed by atoms with Gasteiger partial charge in [-0.1, -0.05) is 37.6 Å². The fourth-order valence-corrected chi connectivity index (χ4v) is 2.55. The standard InChI is InChI=1S/C21H21NO4/c1-2-3-12-25-17-10-8-15(9-11-17)13-16(14-20(23)24)21-22-18-6-4-5-7-19(18)26-21/h4-11,13H,2-3,12,14H2,1H3,(H,23,24)/p-1/b16-13+. The molecule has 0 aliphatic carbocycles. The average molecular weight is 350 g/mol. The second kappa shape index (κ2) is 8.34. The molecule has 1 heterocycles. The highest BCUT2D eigenvalue weighted by molar-refractivity contribution is 5.90. The summed E-state index contributed by atoms with van der Waals surface area (Å²) in [5.41, 5.74) is 2.60. The van der Waals surface area contributed by atoms with Gasteiger partial charge in [-0.25, -0.2) is 4.98 Å². The van der Waals surface area contributed by atoms with E-state index in [9.17, 15) is 9.90 Å². The predicted molar refractivity (Wildman–Crippen MR) is 98.3 cm³/mol. The highest BCUT2D eigenvalue weighted by Gasteiger charge is 2.11. The lowest BCUT2D eigenvalue weighted by Gasteiger charge is -2.07. The van der Waals surface area contributed by atoms with E-state index in [2.05, 4.69) is 11.9 Å². The molecule has 0 atom stereocenters. The number of hydrogen-bond acceptors (Lipinski definition) is 5. The number of carbonyl (C=O) groups excluding carboxylic acids is 1. The summed E-state index contributed by atoms with van der Waals surface area (Å²) >= 11 is 0. The molecule has 0 unspecified atom stereocenters. The van der Waals surface area contributed by atoms with Crippen LogP contribution in [-0.2, 0) is 4.79 Å². The smallest absolute Gasteiger partial charge is 0.223 e. The van der Waals surface area contributed by atoms with E-state index in [4.69, 9.17) is 9.15 Å². The van der Waals surface area contributed by atoms with Crippen LogP contribution in [-0.4, -0.2) is 17.6 Å². The number of rotatable bonds is 8. The lowest BCUT2D eigenvalue weighted by Crippen LogP contribution is -2.22. The van der Waals surface area contributed by atoms with E-state index in [-0.39, 0.29) is 6.42 Å². The number of fused-ring (bicyclic) bond motifs is 1. The Morgan fingerprint density at radius 3 is 2.65 bits per heavy atom. The average Bonchev–Trinajstić information content (AvgIpc) is 3.06. The van der Waals surface area contributed by atoms with Crippen molar-refractivity contribution in [3.05, 3.63) is 60.0 Å². The number of benzene rings is 2. The minimum atomic E-state index is -1.18. The van der Waals surface area contributed by atoms with Crippen LogP contribution < -0.4 is 9.84 Å². The van der Waals surface area contributed by atoms with Crippen LogP contribution in [0.2, 0.25) is 0 Å². The first kappa shape index (κ1) is 17.7. The van der Waals surface area contributed by atoms with E-state index in [0.29, 0.717) is 29.2 Å². The Hall–Kier alpha value is -3.08. The van der Waals surface area contributed by atoms with E-state index >= 15 is 0 Å². The van der Waals surface area contributed by atoms with Crippen molar-refractivity contribution < 1.29 is 19.1 Å². The van der Waals surface area contributed by atoms with Crippen LogP contribution in [0.25, 0.3) is 22.7 Å². The van der Waals surface area contributed by atoms with Gasteiger partial charge in [0.25, 0.3) is 0 Å². The molecule has 0 aliphatic rings. The summed E-state index contributed by atoms with van der Waals surface area (Å²) in [6, 6.07) is 14.8. The van der Waals surface area contributed by atoms with Gasteiger partial charge in [0.1, 0.15) is 11.3 Å². The lowest BCUT2D eigenvalue weighted by molar-refractivity contribution is -0.304. The van der Waals surface area contributed by atoms with Gasteiger partial charge in [0.05, 0.1) is 6.61 Å². The van der Waals surface area contributed by atoms with E-state index < -0.39 is 5.97 Å². The van der Waals surface area contributed by atoms with Gasteiger partial charge in [0.2, 0.25) is 5.89 Å². The SMILES string of the molecule is CCCCOc1ccc(/C=C(\CC(=O)[O-])c2nc3ccccc3o2)cc1. The molecule has 0 bridgehead atoms. The van der Waals surface area contributed by atoms with Gasteiger partial charge in [-0.3, -0.25) is 0 Å². The topological polar surface area (TPSA) is 75.4 Å². The summed E-state index contributed by atoms with van der Waals surface area (Å²) in [6.07, 6.45) is 3.56. The molecule has 134 valence electrons. The molecule has 0 amide bonds. The molecule has 0 saturated carbocycles. The molecule has 0 spiro atoms. The molecule has 0 N–H and O–H groups in total. The number of para-hydroxylation sites is 2. The first-order valence-corrected chi connectivity index (χ1v) is 8.65. The molecule has 0 radical (unpaired) electrons. The summed E-state index contributed by atoms with van der Waals surface area (Å²) in [7, 11) is 0. The number of oxazole rings is 1. The first-order chi connectivity index (χ1) is 12.7. The highest BCUT2D eigenvalue weighted by atomic mass is 16.5. The van der Waals surface area contributed by atoms with Crippen molar-refractivity contribution in [1.29, 1.82) is 0 Å². The maximum Gasteiger partial charge on any atom is 0.223 e. The largest absolute Gasteiger partial charge is 0.550 e. The molecule has 3 rings (SSSR count). The lowest BCUT2D eigenvalue weighted by atomic mass is 10.1. The van der Waals surface area contributed by atoms with E-state index in [1.807, 2.05) is 42.5 Å². The second-order valence-corrected chi connectivity index (χ2v) is 5.98. The van der Waals surface area contributed by atoms with Crippen LogP contribution in [0, 0.1) is 0 Å². The molecule has 0 fully saturated rings. The Morgan fingerprint density at radius 1 is 1.19 bits per heavy atom. The maximum absolute atomic E-state index is 11.1. The number of hydrogen-bond donors (Lipinski definition) is 0. The Kier molecular flexibility index (Phi) is 5.69. The van der Waals surface area contributed by atoms with Crippen LogP contribution in [0.5, 0.6) is 5.75 Å². The minimum absolute atomic E-state index is 0.276. The molecule has 3 aromatic rings. The molecule has 1 aromatic heterocycles. The maximum atomic E-state index is 11.1. The molecule has 0 aliphatic heterocycles. The van der Waals surface area contributed by atoms with E-state index in [1.165, 1.54) is 0 Å². The van der Waals surface area contributed by atoms with Crippen LogP contribution in [0.3, 0.4) is 0 Å². The van der Waals surface area contributed by atoms with Crippen molar-refractivity contribution in [3.8, 4) is 5.75 Å². The van der Waals surface area contributed by atoms with Crippen LogP contribution in [0.4, 0.5) is 0 Å². The van der Waals surface area contributed by atoms with Gasteiger partial charge < -0.3 is 19.1 Å². The van der Waals surface area contributed by atoms with Gasteiger partial charge in [-0.05, 0) is 42.3 Å². The molecule has 5 nitrogen and oxygen atoms in total. The summed E-state index contributed by atoms with van der Waals surface area (Å²) in [5.74, 6) is -0.101. The quantitative estimate of drug-likeness (QED) is 0.579. The Balaban J connectivity index is 1.86. The Bertz CT molecular complexity index is 876. The number of aromatic nitrogens is 1. The highest BCUT2D eigenvalue weighted by Crippen LogP contribution is 2.25. The molecule has 26 heavy (non-hydrogen) atoms. The van der Waals surface area contributed by atoms with Crippen LogP contribution in [0.15, 0.2) is 52.9 Å². The zero-order chi connectivity index (χ0) is 18.4. The molecule has 0 saturated heterocycles. The van der Waals surface area contributed by atoms with Crippen molar-refractivity contribution in [2.24, 2.45) is 0 Å². The third-order valence-corrected chi connectivity index (χ3v) is 3.89. The molecular weight excluding hydrogens is 330 g/mol. The van der Waals surface area contributed by atoms with Crippen molar-refractivity contribution in [2.45, 2.75) is 26.2 Å². The summed E-state index contributed by atoms with van der Waals surface area (Å²) in [4.78, 5) is 15.5. The number of aliphatic carboxylic acids is 1. The van der Waals surface area contributed by atoms with Gasteiger partial charge in [0.15, 0.2) is 5.58 Å². The third-order valence-electron chi connectivity index (χ3n) is 3.89. The monoisotopic (exact) mass is 350 g/mol. The minimum Gasteiger partial charge on any atom is -0.550 e. The van der Waals surface area contributed by atoms with Crippen molar-refractivity contribution in [2.75, 3.05) is 6.61 Å². The summed E-state index contributed by atoms with van der Waals surface area (Å²) < 4.78 is 11.3. The van der Waals surface area contributed by atoms with Crippen molar-refractivity contribution in [1.82, 2.24) is 4.98 Å². The predicted octanol–water partition coefficient (Wildman–Crippen LogP) is 3.69. The van der Waals surface area contributed by atoms with Gasteiger partial charge in [0, 0.05) is 18.0 Å². The molecular formula is C21H20NO4-. The normalized spacial score (nSPS) is 11.7.